The molecular formula is C25H34ClN3O. The number of aliphatic hydroxyl groups is 1. The van der Waals surface area contributed by atoms with Gasteiger partial charge in [-0.25, -0.2) is 4.99 Å². The fourth-order valence-electron chi connectivity index (χ4n) is 7.74. The lowest BCUT2D eigenvalue weighted by molar-refractivity contribution is -0.0430. The number of fused-ring (bicyclic) bond motifs is 5. The quantitative estimate of drug-likeness (QED) is 0.682. The summed E-state index contributed by atoms with van der Waals surface area (Å²) in [6, 6.07) is 10.6. The van der Waals surface area contributed by atoms with E-state index in [9.17, 15) is 5.11 Å². The minimum Gasteiger partial charge on any atom is -0.367 e. The Balaban J connectivity index is 1.26. The Bertz CT molecular complexity index is 802. The fourth-order valence-corrected chi connectivity index (χ4v) is 7.94. The first-order chi connectivity index (χ1) is 14.7. The molecule has 6 rings (SSSR count). The van der Waals surface area contributed by atoms with Crippen LogP contribution in [0.25, 0.3) is 0 Å². The van der Waals surface area contributed by atoms with E-state index in [1.165, 1.54) is 57.8 Å². The number of benzene rings is 1. The number of nitrogens with zero attached hydrogens (tertiary/aromatic N) is 3. The van der Waals surface area contributed by atoms with Crippen molar-refractivity contribution in [2.45, 2.75) is 101 Å². The average molecular weight is 428 g/mol. The topological polar surface area (TPSA) is 39.1 Å². The number of rotatable bonds is 2. The van der Waals surface area contributed by atoms with Crippen LogP contribution in [0.15, 0.2) is 29.3 Å². The third-order valence-corrected chi connectivity index (χ3v) is 9.07. The highest BCUT2D eigenvalue weighted by molar-refractivity contribution is 6.67. The summed E-state index contributed by atoms with van der Waals surface area (Å²) in [7, 11) is 0. The van der Waals surface area contributed by atoms with Gasteiger partial charge in [-0.15, -0.1) is 0 Å². The number of piperidine rings is 2. The van der Waals surface area contributed by atoms with Crippen molar-refractivity contribution in [3.63, 3.8) is 0 Å². The van der Waals surface area contributed by atoms with Gasteiger partial charge in [0.1, 0.15) is 0 Å². The molecular weight excluding hydrogens is 394 g/mol. The van der Waals surface area contributed by atoms with E-state index in [0.29, 0.717) is 23.3 Å². The summed E-state index contributed by atoms with van der Waals surface area (Å²) in [5.41, 5.74) is 1.93. The Labute approximate surface area is 185 Å². The van der Waals surface area contributed by atoms with Gasteiger partial charge in [0.2, 0.25) is 0 Å². The zero-order valence-electron chi connectivity index (χ0n) is 17.8. The highest BCUT2D eigenvalue weighted by atomic mass is 35.5. The Hall–Kier alpha value is -1.10. The van der Waals surface area contributed by atoms with Crippen LogP contribution in [0.3, 0.4) is 0 Å². The van der Waals surface area contributed by atoms with E-state index in [-0.39, 0.29) is 0 Å². The van der Waals surface area contributed by atoms with E-state index < -0.39 is 6.23 Å². The molecule has 2 saturated heterocycles. The van der Waals surface area contributed by atoms with Crippen LogP contribution in [-0.4, -0.2) is 45.6 Å². The number of halogens is 1. The van der Waals surface area contributed by atoms with E-state index in [2.05, 4.69) is 20.9 Å². The molecule has 2 aliphatic carbocycles. The van der Waals surface area contributed by atoms with Gasteiger partial charge < -0.3 is 10.0 Å². The van der Waals surface area contributed by atoms with Crippen molar-refractivity contribution >= 4 is 28.1 Å². The summed E-state index contributed by atoms with van der Waals surface area (Å²) in [6.07, 6.45) is 14.2. The van der Waals surface area contributed by atoms with Gasteiger partial charge in [0.25, 0.3) is 0 Å². The van der Waals surface area contributed by atoms with E-state index in [4.69, 9.17) is 11.6 Å². The van der Waals surface area contributed by atoms with Gasteiger partial charge in [-0.1, -0.05) is 49.4 Å². The molecule has 0 spiro atoms. The lowest BCUT2D eigenvalue weighted by Crippen LogP contribution is -2.63. The second kappa shape index (κ2) is 7.79. The summed E-state index contributed by atoms with van der Waals surface area (Å²) in [5.74, 6) is 1.96. The van der Waals surface area contributed by atoms with E-state index >= 15 is 0 Å². The second-order valence-corrected chi connectivity index (χ2v) is 10.9. The Morgan fingerprint density at radius 1 is 0.800 bits per heavy atom. The van der Waals surface area contributed by atoms with Gasteiger partial charge in [0.05, 0.1) is 11.4 Å². The molecule has 4 bridgehead atoms. The molecule has 3 aliphatic heterocycles. The molecule has 7 atom stereocenters. The standard InChI is InChI=1S/C25H34ClN3O/c26-24-25(30)29(23-10-2-1-9-22(23)27-24)21-14-18-7-4-8-19(15-21)28(18)20-12-16-5-3-6-17(11-16)13-20/h1-2,9-10,16-21,25,30H,3-8,11-15H2/t16-,17+,18-,19+,20?,21?,25?. The predicted molar refractivity (Wildman–Crippen MR) is 123 cm³/mol. The molecule has 5 heteroatoms. The number of hydrogen-bond acceptors (Lipinski definition) is 4. The number of aliphatic hydroxyl groups excluding tert-OH is 1. The lowest BCUT2D eigenvalue weighted by Gasteiger charge is -2.57. The van der Waals surface area contributed by atoms with Crippen molar-refractivity contribution in [1.29, 1.82) is 0 Å². The summed E-state index contributed by atoms with van der Waals surface area (Å²) < 4.78 is 0. The third-order valence-electron chi connectivity index (χ3n) is 8.79. The molecule has 1 N–H and O–H groups in total. The maximum atomic E-state index is 11.0. The molecule has 3 unspecified atom stereocenters. The predicted octanol–water partition coefficient (Wildman–Crippen LogP) is 5.45. The minimum atomic E-state index is -0.812. The summed E-state index contributed by atoms with van der Waals surface area (Å²) in [4.78, 5) is 9.60. The molecule has 0 radical (unpaired) electrons. The Morgan fingerprint density at radius 3 is 2.20 bits per heavy atom. The molecule has 4 nitrogen and oxygen atoms in total. The number of anilines is 1. The molecule has 1 aromatic rings. The summed E-state index contributed by atoms with van der Waals surface area (Å²) in [5, 5.41) is 11.3. The normalized spacial score (nSPS) is 41.2. The molecule has 4 fully saturated rings. The van der Waals surface area contributed by atoms with Crippen LogP contribution in [-0.2, 0) is 0 Å². The van der Waals surface area contributed by atoms with Crippen molar-refractivity contribution in [2.75, 3.05) is 4.90 Å². The molecule has 2 saturated carbocycles. The zero-order valence-corrected chi connectivity index (χ0v) is 18.6. The largest absolute Gasteiger partial charge is 0.367 e. The minimum absolute atomic E-state index is 0.307. The smallest absolute Gasteiger partial charge is 0.182 e. The first-order valence-corrected chi connectivity index (χ1v) is 12.6. The van der Waals surface area contributed by atoms with Crippen molar-refractivity contribution in [1.82, 2.24) is 4.90 Å². The van der Waals surface area contributed by atoms with Crippen molar-refractivity contribution in [2.24, 2.45) is 16.8 Å². The third kappa shape index (κ3) is 3.30. The molecule has 0 aromatic heterocycles. The maximum Gasteiger partial charge on any atom is 0.182 e. The van der Waals surface area contributed by atoms with E-state index in [0.717, 1.165) is 42.1 Å². The zero-order chi connectivity index (χ0) is 20.2. The molecule has 5 aliphatic rings. The molecule has 0 amide bonds. The fraction of sp³-hybridized carbons (Fsp3) is 0.720. The van der Waals surface area contributed by atoms with E-state index in [1.54, 1.807) is 0 Å². The highest BCUT2D eigenvalue weighted by Crippen LogP contribution is 2.47. The van der Waals surface area contributed by atoms with Gasteiger partial charge in [0, 0.05) is 24.2 Å². The van der Waals surface area contributed by atoms with Gasteiger partial charge in [0.15, 0.2) is 11.4 Å². The van der Waals surface area contributed by atoms with Crippen molar-refractivity contribution in [3.8, 4) is 0 Å². The maximum absolute atomic E-state index is 11.0. The van der Waals surface area contributed by atoms with E-state index in [1.807, 2.05) is 18.2 Å². The van der Waals surface area contributed by atoms with Crippen LogP contribution in [0.1, 0.15) is 70.6 Å². The highest BCUT2D eigenvalue weighted by Gasteiger charge is 2.47. The van der Waals surface area contributed by atoms with Crippen molar-refractivity contribution < 1.29 is 5.11 Å². The summed E-state index contributed by atoms with van der Waals surface area (Å²) >= 11 is 6.38. The van der Waals surface area contributed by atoms with Gasteiger partial charge >= 0.3 is 0 Å². The summed E-state index contributed by atoms with van der Waals surface area (Å²) in [6.45, 7) is 0. The molecule has 162 valence electrons. The monoisotopic (exact) mass is 427 g/mol. The molecule has 3 heterocycles. The van der Waals surface area contributed by atoms with Crippen LogP contribution < -0.4 is 4.90 Å². The number of aliphatic imine (C=N–C) groups is 1. The number of para-hydroxylation sites is 2. The first kappa shape index (κ1) is 19.6. The first-order valence-electron chi connectivity index (χ1n) is 12.2. The van der Waals surface area contributed by atoms with Crippen molar-refractivity contribution in [3.05, 3.63) is 24.3 Å². The van der Waals surface area contributed by atoms with Crippen LogP contribution in [0.2, 0.25) is 0 Å². The van der Waals surface area contributed by atoms with Gasteiger partial charge in [-0.2, -0.15) is 0 Å². The van der Waals surface area contributed by atoms with Crippen LogP contribution in [0.4, 0.5) is 11.4 Å². The Kier molecular flexibility index (Phi) is 5.08. The van der Waals surface area contributed by atoms with Crippen LogP contribution in [0.5, 0.6) is 0 Å². The van der Waals surface area contributed by atoms with Gasteiger partial charge in [-0.05, 0) is 68.9 Å². The van der Waals surface area contributed by atoms with Gasteiger partial charge in [-0.3, -0.25) is 4.90 Å². The molecule has 30 heavy (non-hydrogen) atoms. The number of hydrogen-bond donors (Lipinski definition) is 1. The lowest BCUT2D eigenvalue weighted by atomic mass is 9.68. The van der Waals surface area contributed by atoms with Crippen LogP contribution >= 0.6 is 11.6 Å². The van der Waals surface area contributed by atoms with Crippen LogP contribution in [0, 0.1) is 11.8 Å². The molecule has 1 aromatic carbocycles. The Morgan fingerprint density at radius 2 is 1.47 bits per heavy atom. The second-order valence-electron chi connectivity index (χ2n) is 10.5. The SMILES string of the molecule is OC1C(Cl)=Nc2ccccc2N1C1C[C@H]2CCC[C@@H](C1)N2C1C[C@H]2CCC[C@@H](C1)C2. The average Bonchev–Trinajstić information content (AvgIpc) is 2.73.